The SMILES string of the molecule is CC(C)[C@@H](NC(=O)[C@H](CS)NC(=O)Cc1ccc(O)cc1)C(=O)O. The third-order valence-corrected chi connectivity index (χ3v) is 3.73. The number of nitrogens with one attached hydrogen (secondary N) is 2. The van der Waals surface area contributed by atoms with Gasteiger partial charge < -0.3 is 20.8 Å². The number of amides is 2. The topological polar surface area (TPSA) is 116 Å². The van der Waals surface area contributed by atoms with E-state index in [9.17, 15) is 19.5 Å². The first-order chi connectivity index (χ1) is 11.2. The van der Waals surface area contributed by atoms with Gasteiger partial charge in [-0.15, -0.1) is 0 Å². The molecule has 0 aliphatic carbocycles. The van der Waals surface area contributed by atoms with Crippen LogP contribution in [0.15, 0.2) is 24.3 Å². The molecular weight excluding hydrogens is 332 g/mol. The van der Waals surface area contributed by atoms with Crippen LogP contribution in [0.3, 0.4) is 0 Å². The first kappa shape index (κ1) is 19.8. The number of hydrogen-bond acceptors (Lipinski definition) is 5. The van der Waals surface area contributed by atoms with E-state index in [1.54, 1.807) is 26.0 Å². The summed E-state index contributed by atoms with van der Waals surface area (Å²) in [6, 6.07) is 4.16. The third-order valence-electron chi connectivity index (χ3n) is 3.37. The van der Waals surface area contributed by atoms with E-state index in [4.69, 9.17) is 5.11 Å². The van der Waals surface area contributed by atoms with Crippen LogP contribution in [-0.2, 0) is 20.8 Å². The lowest BCUT2D eigenvalue weighted by Crippen LogP contribution is -2.54. The Balaban J connectivity index is 2.64. The summed E-state index contributed by atoms with van der Waals surface area (Å²) >= 11 is 4.04. The Labute approximate surface area is 145 Å². The van der Waals surface area contributed by atoms with Crippen molar-refractivity contribution in [1.82, 2.24) is 10.6 Å². The number of phenols is 1. The van der Waals surface area contributed by atoms with Gasteiger partial charge in [0.1, 0.15) is 17.8 Å². The standard InChI is InChI=1S/C16H22N2O5S/c1-9(2)14(16(22)23)18-15(21)12(8-24)17-13(20)7-10-3-5-11(19)6-4-10/h3-6,9,12,14,19,24H,7-8H2,1-2H3,(H,17,20)(H,18,21)(H,22,23)/t12-,14+/m0/s1. The summed E-state index contributed by atoms with van der Waals surface area (Å²) in [7, 11) is 0. The number of aliphatic carboxylic acids is 1. The molecule has 0 aliphatic heterocycles. The Morgan fingerprint density at radius 2 is 1.71 bits per heavy atom. The molecular formula is C16H22N2O5S. The minimum Gasteiger partial charge on any atom is -0.508 e. The van der Waals surface area contributed by atoms with E-state index in [0.717, 1.165) is 0 Å². The molecule has 0 aromatic heterocycles. The zero-order valence-corrected chi connectivity index (χ0v) is 14.4. The van der Waals surface area contributed by atoms with E-state index in [1.165, 1.54) is 12.1 Å². The van der Waals surface area contributed by atoms with Crippen molar-refractivity contribution in [2.45, 2.75) is 32.4 Å². The number of rotatable bonds is 8. The predicted octanol–water partition coefficient (Wildman–Crippen LogP) is 0.575. The Morgan fingerprint density at radius 3 is 2.17 bits per heavy atom. The van der Waals surface area contributed by atoms with Gasteiger partial charge in [0.15, 0.2) is 0 Å². The molecule has 0 saturated heterocycles. The highest BCUT2D eigenvalue weighted by molar-refractivity contribution is 7.80. The molecule has 24 heavy (non-hydrogen) atoms. The maximum atomic E-state index is 12.2. The summed E-state index contributed by atoms with van der Waals surface area (Å²) in [5, 5.41) is 23.3. The second-order valence-electron chi connectivity index (χ2n) is 5.71. The van der Waals surface area contributed by atoms with Crippen molar-refractivity contribution in [2.24, 2.45) is 5.92 Å². The van der Waals surface area contributed by atoms with Crippen molar-refractivity contribution < 1.29 is 24.6 Å². The molecule has 0 heterocycles. The van der Waals surface area contributed by atoms with Crippen molar-refractivity contribution in [3.8, 4) is 5.75 Å². The molecule has 0 fully saturated rings. The molecule has 0 radical (unpaired) electrons. The lowest BCUT2D eigenvalue weighted by molar-refractivity contribution is -0.143. The zero-order valence-electron chi connectivity index (χ0n) is 13.5. The maximum absolute atomic E-state index is 12.2. The van der Waals surface area contributed by atoms with Gasteiger partial charge in [-0.1, -0.05) is 26.0 Å². The van der Waals surface area contributed by atoms with Crippen LogP contribution in [0.5, 0.6) is 5.75 Å². The summed E-state index contributed by atoms with van der Waals surface area (Å²) in [6.07, 6.45) is 0.0321. The molecule has 2 atom stereocenters. The number of carbonyl (C=O) groups is 3. The van der Waals surface area contributed by atoms with Crippen LogP contribution >= 0.6 is 12.6 Å². The van der Waals surface area contributed by atoms with Crippen LogP contribution in [0, 0.1) is 5.92 Å². The van der Waals surface area contributed by atoms with Gasteiger partial charge in [-0.25, -0.2) is 4.79 Å². The fourth-order valence-corrected chi connectivity index (χ4v) is 2.26. The van der Waals surface area contributed by atoms with Crippen LogP contribution < -0.4 is 10.6 Å². The summed E-state index contributed by atoms with van der Waals surface area (Å²) in [5.41, 5.74) is 0.675. The van der Waals surface area contributed by atoms with Crippen LogP contribution in [0.1, 0.15) is 19.4 Å². The first-order valence-electron chi connectivity index (χ1n) is 7.46. The van der Waals surface area contributed by atoms with Gasteiger partial charge in [0.2, 0.25) is 11.8 Å². The van der Waals surface area contributed by atoms with E-state index in [0.29, 0.717) is 5.56 Å². The first-order valence-corrected chi connectivity index (χ1v) is 8.09. The second-order valence-corrected chi connectivity index (χ2v) is 6.08. The Kier molecular flexibility index (Phi) is 7.57. The molecule has 8 heteroatoms. The number of carbonyl (C=O) groups excluding carboxylic acids is 2. The lowest BCUT2D eigenvalue weighted by atomic mass is 10.0. The molecule has 0 saturated carbocycles. The van der Waals surface area contributed by atoms with E-state index in [2.05, 4.69) is 23.3 Å². The predicted molar refractivity (Wildman–Crippen MR) is 92.0 cm³/mol. The van der Waals surface area contributed by atoms with E-state index >= 15 is 0 Å². The summed E-state index contributed by atoms with van der Waals surface area (Å²) in [5.74, 6) is -2.28. The van der Waals surface area contributed by atoms with Crippen molar-refractivity contribution in [1.29, 1.82) is 0 Å². The molecule has 1 rings (SSSR count). The van der Waals surface area contributed by atoms with E-state index in [1.807, 2.05) is 0 Å². The quantitative estimate of drug-likeness (QED) is 0.438. The third kappa shape index (κ3) is 6.11. The molecule has 1 aromatic rings. The van der Waals surface area contributed by atoms with Crippen molar-refractivity contribution in [3.63, 3.8) is 0 Å². The minimum absolute atomic E-state index is 0.0321. The van der Waals surface area contributed by atoms with Crippen LogP contribution in [-0.4, -0.2) is 45.8 Å². The largest absolute Gasteiger partial charge is 0.508 e. The second kappa shape index (κ2) is 9.17. The number of phenolic OH excluding ortho intramolecular Hbond substituents is 1. The van der Waals surface area contributed by atoms with Gasteiger partial charge in [0, 0.05) is 5.75 Å². The molecule has 2 amide bonds. The number of carboxylic acids is 1. The molecule has 0 aliphatic rings. The number of carboxylic acid groups (broad SMARTS) is 1. The number of aromatic hydroxyl groups is 1. The zero-order chi connectivity index (χ0) is 18.3. The molecule has 7 nitrogen and oxygen atoms in total. The number of hydrogen-bond donors (Lipinski definition) is 5. The monoisotopic (exact) mass is 354 g/mol. The summed E-state index contributed by atoms with van der Waals surface area (Å²) in [6.45, 7) is 3.36. The van der Waals surface area contributed by atoms with Gasteiger partial charge in [-0.3, -0.25) is 9.59 Å². The normalized spacial score (nSPS) is 13.2. The average Bonchev–Trinajstić information content (AvgIpc) is 2.51. The molecule has 0 bridgehead atoms. The highest BCUT2D eigenvalue weighted by Crippen LogP contribution is 2.10. The van der Waals surface area contributed by atoms with Gasteiger partial charge in [0.25, 0.3) is 0 Å². The van der Waals surface area contributed by atoms with Gasteiger partial charge in [0.05, 0.1) is 6.42 Å². The lowest BCUT2D eigenvalue weighted by Gasteiger charge is -2.22. The van der Waals surface area contributed by atoms with Crippen LogP contribution in [0.25, 0.3) is 0 Å². The van der Waals surface area contributed by atoms with Crippen molar-refractivity contribution >= 4 is 30.4 Å². The van der Waals surface area contributed by atoms with Crippen molar-refractivity contribution in [2.75, 3.05) is 5.75 Å². The fourth-order valence-electron chi connectivity index (χ4n) is 2.01. The van der Waals surface area contributed by atoms with E-state index in [-0.39, 0.29) is 23.8 Å². The smallest absolute Gasteiger partial charge is 0.326 e. The summed E-state index contributed by atoms with van der Waals surface area (Å²) in [4.78, 5) is 35.3. The van der Waals surface area contributed by atoms with Crippen LogP contribution in [0.2, 0.25) is 0 Å². The molecule has 1 aromatic carbocycles. The number of thiol groups is 1. The highest BCUT2D eigenvalue weighted by Gasteiger charge is 2.27. The van der Waals surface area contributed by atoms with Gasteiger partial charge in [-0.05, 0) is 23.6 Å². The minimum atomic E-state index is -1.13. The van der Waals surface area contributed by atoms with Gasteiger partial charge in [-0.2, -0.15) is 12.6 Å². The van der Waals surface area contributed by atoms with Gasteiger partial charge >= 0.3 is 5.97 Å². The van der Waals surface area contributed by atoms with E-state index < -0.39 is 29.9 Å². The highest BCUT2D eigenvalue weighted by atomic mass is 32.1. The molecule has 4 N–H and O–H groups in total. The number of benzene rings is 1. The Morgan fingerprint density at radius 1 is 1.12 bits per heavy atom. The Bertz CT molecular complexity index is 589. The summed E-state index contributed by atoms with van der Waals surface area (Å²) < 4.78 is 0. The van der Waals surface area contributed by atoms with Crippen LogP contribution in [0.4, 0.5) is 0 Å². The maximum Gasteiger partial charge on any atom is 0.326 e. The average molecular weight is 354 g/mol. The molecule has 0 spiro atoms. The fraction of sp³-hybridized carbons (Fsp3) is 0.438. The molecule has 132 valence electrons. The molecule has 0 unspecified atom stereocenters. The van der Waals surface area contributed by atoms with Crippen molar-refractivity contribution in [3.05, 3.63) is 29.8 Å². The Hall–Kier alpha value is -2.22.